The highest BCUT2D eigenvalue weighted by Crippen LogP contribution is 2.25. The molecule has 4 nitrogen and oxygen atoms in total. The second kappa shape index (κ2) is 3.84. The fourth-order valence-electron chi connectivity index (χ4n) is 1.05. The second-order valence-electron chi connectivity index (χ2n) is 2.79. The summed E-state index contributed by atoms with van der Waals surface area (Å²) < 4.78 is 43.6. The highest BCUT2D eigenvalue weighted by atomic mass is 19.4. The van der Waals surface area contributed by atoms with Gasteiger partial charge in [0.05, 0.1) is 0 Å². The summed E-state index contributed by atoms with van der Waals surface area (Å²) in [4.78, 5) is 0. The van der Waals surface area contributed by atoms with Gasteiger partial charge in [-0.2, -0.15) is 0 Å². The van der Waals surface area contributed by atoms with Crippen LogP contribution in [0.1, 0.15) is 0 Å². The van der Waals surface area contributed by atoms with Gasteiger partial charge in [0.15, 0.2) is 0 Å². The lowest BCUT2D eigenvalue weighted by Crippen LogP contribution is -2.17. The third kappa shape index (κ3) is 2.50. The molecular formula is C9H5F3N2O2. The largest absolute Gasteiger partial charge is 0.576 e. The number of nitrogens with zero attached hydrogens (tertiary/aromatic N) is 2. The molecule has 2 aromatic rings. The summed E-state index contributed by atoms with van der Waals surface area (Å²) in [5.41, 5.74) is 0.520. The van der Waals surface area contributed by atoms with Crippen molar-refractivity contribution in [2.24, 2.45) is 0 Å². The average Bonchev–Trinajstić information content (AvgIpc) is 2.65. The van der Waals surface area contributed by atoms with Gasteiger partial charge in [0.25, 0.3) is 5.89 Å². The van der Waals surface area contributed by atoms with E-state index in [1.54, 1.807) is 30.3 Å². The molecule has 0 saturated heterocycles. The van der Waals surface area contributed by atoms with Crippen molar-refractivity contribution < 1.29 is 22.3 Å². The van der Waals surface area contributed by atoms with E-state index in [4.69, 9.17) is 0 Å². The molecule has 0 atom stereocenters. The molecule has 7 heteroatoms. The van der Waals surface area contributed by atoms with E-state index in [2.05, 4.69) is 19.4 Å². The van der Waals surface area contributed by atoms with E-state index in [1.165, 1.54) is 0 Å². The number of halogens is 3. The van der Waals surface area contributed by atoms with Crippen LogP contribution < -0.4 is 4.74 Å². The van der Waals surface area contributed by atoms with Gasteiger partial charge in [0.2, 0.25) is 0 Å². The van der Waals surface area contributed by atoms with Crippen LogP contribution in [-0.2, 0) is 0 Å². The van der Waals surface area contributed by atoms with Crippen molar-refractivity contribution in [3.05, 3.63) is 30.3 Å². The summed E-state index contributed by atoms with van der Waals surface area (Å²) in [5, 5.41) is 6.55. The van der Waals surface area contributed by atoms with Gasteiger partial charge in [0.1, 0.15) is 0 Å². The molecule has 0 N–H and O–H groups in total. The van der Waals surface area contributed by atoms with E-state index < -0.39 is 12.4 Å². The second-order valence-corrected chi connectivity index (χ2v) is 2.79. The third-order valence-electron chi connectivity index (χ3n) is 1.63. The van der Waals surface area contributed by atoms with Crippen LogP contribution in [0.25, 0.3) is 11.5 Å². The van der Waals surface area contributed by atoms with E-state index >= 15 is 0 Å². The molecule has 0 saturated carbocycles. The average molecular weight is 230 g/mol. The Morgan fingerprint density at radius 3 is 2.38 bits per heavy atom. The van der Waals surface area contributed by atoms with Crippen LogP contribution in [0.4, 0.5) is 13.2 Å². The van der Waals surface area contributed by atoms with Gasteiger partial charge in [-0.15, -0.1) is 18.3 Å². The molecule has 0 fully saturated rings. The van der Waals surface area contributed by atoms with Crippen molar-refractivity contribution in [1.29, 1.82) is 0 Å². The van der Waals surface area contributed by atoms with Gasteiger partial charge in [-0.3, -0.25) is 0 Å². The van der Waals surface area contributed by atoms with Crippen LogP contribution in [0.15, 0.2) is 34.7 Å². The summed E-state index contributed by atoms with van der Waals surface area (Å²) in [5.74, 6) is -0.0279. The van der Waals surface area contributed by atoms with E-state index in [0.29, 0.717) is 5.56 Å². The Morgan fingerprint density at radius 2 is 1.75 bits per heavy atom. The first kappa shape index (κ1) is 10.5. The smallest absolute Gasteiger partial charge is 0.389 e. The Labute approximate surface area is 87.7 Å². The number of aromatic nitrogens is 2. The Balaban J connectivity index is 2.21. The number of rotatable bonds is 2. The monoisotopic (exact) mass is 230 g/mol. The van der Waals surface area contributed by atoms with Crippen LogP contribution in [0.5, 0.6) is 6.08 Å². The first-order valence-corrected chi connectivity index (χ1v) is 4.19. The van der Waals surface area contributed by atoms with Gasteiger partial charge in [-0.25, -0.2) is 0 Å². The predicted octanol–water partition coefficient (Wildman–Crippen LogP) is 2.64. The highest BCUT2D eigenvalue weighted by molar-refractivity contribution is 5.51. The van der Waals surface area contributed by atoms with Crippen LogP contribution in [0.3, 0.4) is 0 Å². The fraction of sp³-hybridized carbons (Fsp3) is 0.111. The number of alkyl halides is 3. The van der Waals surface area contributed by atoms with Gasteiger partial charge in [0, 0.05) is 5.56 Å². The molecule has 0 radical (unpaired) electrons. The van der Waals surface area contributed by atoms with Crippen molar-refractivity contribution in [3.63, 3.8) is 0 Å². The molecule has 0 unspecified atom stereocenters. The van der Waals surface area contributed by atoms with E-state index in [1.807, 2.05) is 0 Å². The minimum absolute atomic E-state index is 0.0279. The Bertz CT molecular complexity index is 467. The van der Waals surface area contributed by atoms with Crippen molar-refractivity contribution >= 4 is 0 Å². The maximum Gasteiger partial charge on any atom is 0.576 e. The number of hydrogen-bond acceptors (Lipinski definition) is 4. The summed E-state index contributed by atoms with van der Waals surface area (Å²) in [6.45, 7) is 0. The maximum atomic E-state index is 11.8. The normalized spacial score (nSPS) is 11.4. The van der Waals surface area contributed by atoms with Crippen molar-refractivity contribution in [2.45, 2.75) is 6.36 Å². The minimum Gasteiger partial charge on any atom is -0.389 e. The molecule has 0 bridgehead atoms. The molecule has 0 aliphatic carbocycles. The lowest BCUT2D eigenvalue weighted by atomic mass is 10.2. The summed E-state index contributed by atoms with van der Waals surface area (Å²) >= 11 is 0. The van der Waals surface area contributed by atoms with Gasteiger partial charge < -0.3 is 9.15 Å². The SMILES string of the molecule is FC(F)(F)Oc1nnc(-c2ccccc2)o1. The Morgan fingerprint density at radius 1 is 1.06 bits per heavy atom. The molecular weight excluding hydrogens is 225 g/mol. The summed E-state index contributed by atoms with van der Waals surface area (Å²) in [6.07, 6.45) is -5.76. The zero-order valence-electron chi connectivity index (χ0n) is 7.73. The molecule has 1 aromatic carbocycles. The molecule has 16 heavy (non-hydrogen) atoms. The van der Waals surface area contributed by atoms with Gasteiger partial charge in [-0.1, -0.05) is 23.3 Å². The van der Waals surface area contributed by atoms with Crippen molar-refractivity contribution in [3.8, 4) is 17.5 Å². The molecule has 1 heterocycles. The lowest BCUT2D eigenvalue weighted by molar-refractivity contribution is -0.282. The first-order chi connectivity index (χ1) is 7.54. The van der Waals surface area contributed by atoms with Crippen LogP contribution in [0, 0.1) is 0 Å². The quantitative estimate of drug-likeness (QED) is 0.795. The van der Waals surface area contributed by atoms with Gasteiger partial charge >= 0.3 is 12.4 Å². The summed E-state index contributed by atoms with van der Waals surface area (Å²) in [6, 6.07) is 8.41. The number of hydrogen-bond donors (Lipinski definition) is 0. The zero-order valence-corrected chi connectivity index (χ0v) is 7.73. The standard InChI is InChI=1S/C9H5F3N2O2/c10-9(11,12)16-8-14-13-7(15-8)6-4-2-1-3-5-6/h1-5H. The maximum absolute atomic E-state index is 11.8. The molecule has 0 aliphatic heterocycles. The van der Waals surface area contributed by atoms with Crippen molar-refractivity contribution in [1.82, 2.24) is 10.2 Å². The third-order valence-corrected chi connectivity index (χ3v) is 1.63. The molecule has 1 aromatic heterocycles. The lowest BCUT2D eigenvalue weighted by Gasteiger charge is -2.01. The van der Waals surface area contributed by atoms with Crippen molar-refractivity contribution in [2.75, 3.05) is 0 Å². The van der Waals surface area contributed by atoms with Crippen LogP contribution >= 0.6 is 0 Å². The molecule has 2 rings (SSSR count). The zero-order chi connectivity index (χ0) is 11.6. The van der Waals surface area contributed by atoms with E-state index in [-0.39, 0.29) is 5.89 Å². The van der Waals surface area contributed by atoms with E-state index in [0.717, 1.165) is 0 Å². The van der Waals surface area contributed by atoms with Crippen LogP contribution in [0.2, 0.25) is 0 Å². The predicted molar refractivity (Wildman–Crippen MR) is 46.4 cm³/mol. The summed E-state index contributed by atoms with van der Waals surface area (Å²) in [7, 11) is 0. The molecule has 0 amide bonds. The number of ether oxygens (including phenoxy) is 1. The Kier molecular flexibility index (Phi) is 2.51. The highest BCUT2D eigenvalue weighted by Gasteiger charge is 2.34. The van der Waals surface area contributed by atoms with E-state index in [9.17, 15) is 13.2 Å². The first-order valence-electron chi connectivity index (χ1n) is 4.19. The topological polar surface area (TPSA) is 48.2 Å². The van der Waals surface area contributed by atoms with Crippen LogP contribution in [-0.4, -0.2) is 16.6 Å². The molecule has 0 spiro atoms. The van der Waals surface area contributed by atoms with Gasteiger partial charge in [-0.05, 0) is 12.1 Å². The minimum atomic E-state index is -4.83. The fourth-order valence-corrected chi connectivity index (χ4v) is 1.05. The number of benzene rings is 1. The molecule has 0 aliphatic rings. The Hall–Kier alpha value is -2.05. The molecule has 84 valence electrons.